The molecule has 1 aliphatic rings. The van der Waals surface area contributed by atoms with E-state index < -0.39 is 45.2 Å². The maximum absolute atomic E-state index is 14.0. The van der Waals surface area contributed by atoms with Gasteiger partial charge in [0.25, 0.3) is 0 Å². The van der Waals surface area contributed by atoms with Crippen molar-refractivity contribution < 1.29 is 26.5 Å². The summed E-state index contributed by atoms with van der Waals surface area (Å²) in [5.74, 6) is -3.41. The molecule has 0 fully saturated rings. The highest BCUT2D eigenvalue weighted by molar-refractivity contribution is 7.86. The third kappa shape index (κ3) is 3.66. The van der Waals surface area contributed by atoms with Gasteiger partial charge in [-0.15, -0.1) is 0 Å². The number of halogens is 2. The van der Waals surface area contributed by atoms with E-state index in [2.05, 4.69) is 0 Å². The molecule has 2 aromatic rings. The van der Waals surface area contributed by atoms with Crippen molar-refractivity contribution in [3.05, 3.63) is 82.1 Å². The molecule has 9 heteroatoms. The van der Waals surface area contributed by atoms with E-state index in [1.807, 2.05) is 0 Å². The van der Waals surface area contributed by atoms with Gasteiger partial charge in [-0.3, -0.25) is 4.79 Å². The third-order valence-electron chi connectivity index (χ3n) is 3.59. The molecule has 2 N–H and O–H groups in total. The predicted octanol–water partition coefficient (Wildman–Crippen LogP) is 2.79. The second-order valence-electron chi connectivity index (χ2n) is 5.46. The molecule has 0 aliphatic carbocycles. The number of rotatable bonds is 5. The van der Waals surface area contributed by atoms with Crippen molar-refractivity contribution >= 4 is 27.5 Å². The van der Waals surface area contributed by atoms with E-state index in [1.165, 1.54) is 12.1 Å². The summed E-state index contributed by atoms with van der Waals surface area (Å²) in [6.45, 7) is 0. The molecule has 0 aromatic heterocycles. The van der Waals surface area contributed by atoms with Gasteiger partial charge in [-0.25, -0.2) is 4.39 Å². The molecule has 0 saturated heterocycles. The van der Waals surface area contributed by atoms with Crippen LogP contribution in [0.1, 0.15) is 17.2 Å². The fourth-order valence-electron chi connectivity index (χ4n) is 2.44. The molecule has 2 aromatic carbocycles. The van der Waals surface area contributed by atoms with E-state index in [0.717, 1.165) is 6.07 Å². The molecule has 0 spiro atoms. The first-order valence-electron chi connectivity index (χ1n) is 7.39. The molecular weight excluding hydrogens is 385 g/mol. The van der Waals surface area contributed by atoms with E-state index >= 15 is 0 Å². The first-order valence-corrected chi connectivity index (χ1v) is 9.34. The summed E-state index contributed by atoms with van der Waals surface area (Å²) in [4.78, 5) is 12.5. The van der Waals surface area contributed by atoms with Crippen LogP contribution in [0.4, 0.5) is 4.39 Å². The van der Waals surface area contributed by atoms with Crippen molar-refractivity contribution in [1.82, 2.24) is 0 Å². The van der Waals surface area contributed by atoms with Gasteiger partial charge in [0.05, 0.1) is 10.6 Å². The van der Waals surface area contributed by atoms with Crippen molar-refractivity contribution in [2.24, 2.45) is 5.73 Å². The maximum Gasteiger partial charge on any atom is 0.313 e. The van der Waals surface area contributed by atoms with Crippen LogP contribution in [0.5, 0.6) is 0 Å². The molecule has 26 heavy (non-hydrogen) atoms. The van der Waals surface area contributed by atoms with Gasteiger partial charge < -0.3 is 14.7 Å². The lowest BCUT2D eigenvalue weighted by Crippen LogP contribution is -2.17. The number of ether oxygens (including phenoxy) is 1. The highest BCUT2D eigenvalue weighted by atomic mass is 35.5. The molecule has 1 unspecified atom stereocenters. The summed E-state index contributed by atoms with van der Waals surface area (Å²) >= 11 is 5.92. The Labute approximate surface area is 154 Å². The Morgan fingerprint density at radius 3 is 2.50 bits per heavy atom. The fraction of sp³-hybridized carbons (Fsp3) is 0.118. The fourth-order valence-corrected chi connectivity index (χ4v) is 3.78. The molecule has 0 amide bonds. The van der Waals surface area contributed by atoms with E-state index in [4.69, 9.17) is 26.3 Å². The Bertz CT molecular complexity index is 971. The van der Waals surface area contributed by atoms with E-state index in [1.54, 1.807) is 30.3 Å². The van der Waals surface area contributed by atoms with Crippen LogP contribution >= 0.6 is 11.6 Å². The molecule has 6 nitrogen and oxygen atoms in total. The standard InChI is InChI=1S/C17H13ClFNO5S/c18-11-7-4-8-12(19)13(11)15-14(21)16(17(20)24-15)25-26(22,23)9-10-5-2-1-3-6-10/h1-8,15H,9,20H2. The van der Waals surface area contributed by atoms with Crippen LogP contribution in [0.25, 0.3) is 0 Å². The largest absolute Gasteiger partial charge is 0.460 e. The van der Waals surface area contributed by atoms with Crippen molar-refractivity contribution in [3.8, 4) is 0 Å². The molecular formula is C17H13ClFNO5S. The first kappa shape index (κ1) is 18.2. The third-order valence-corrected chi connectivity index (χ3v) is 5.03. The zero-order valence-corrected chi connectivity index (χ0v) is 14.8. The quantitative estimate of drug-likeness (QED) is 0.779. The van der Waals surface area contributed by atoms with E-state index in [0.29, 0.717) is 5.56 Å². The minimum Gasteiger partial charge on any atom is -0.460 e. The second-order valence-corrected chi connectivity index (χ2v) is 7.44. The zero-order chi connectivity index (χ0) is 18.9. The highest BCUT2D eigenvalue weighted by Crippen LogP contribution is 2.37. The van der Waals surface area contributed by atoms with Crippen LogP contribution in [0.15, 0.2) is 60.2 Å². The van der Waals surface area contributed by atoms with Crippen LogP contribution in [-0.2, 0) is 29.6 Å². The van der Waals surface area contributed by atoms with Gasteiger partial charge in [-0.05, 0) is 17.7 Å². The lowest BCUT2D eigenvalue weighted by molar-refractivity contribution is -0.123. The van der Waals surface area contributed by atoms with Gasteiger partial charge in [0.2, 0.25) is 17.4 Å². The summed E-state index contributed by atoms with van der Waals surface area (Å²) in [6, 6.07) is 12.1. The number of nitrogens with two attached hydrogens (primary N) is 1. The molecule has 0 saturated carbocycles. The summed E-state index contributed by atoms with van der Waals surface area (Å²) in [6.07, 6.45) is -1.51. The highest BCUT2D eigenvalue weighted by Gasteiger charge is 2.41. The number of hydrogen-bond acceptors (Lipinski definition) is 6. The van der Waals surface area contributed by atoms with E-state index in [-0.39, 0.29) is 10.6 Å². The number of Topliss-reactive ketones (excluding diaryl/α,β-unsaturated/α-hetero) is 1. The Balaban J connectivity index is 1.83. The molecule has 136 valence electrons. The molecule has 1 atom stereocenters. The first-order chi connectivity index (χ1) is 12.3. The van der Waals surface area contributed by atoms with Crippen LogP contribution in [0.3, 0.4) is 0 Å². The normalized spacial score (nSPS) is 17.3. The summed E-state index contributed by atoms with van der Waals surface area (Å²) in [5, 5.41) is -0.0513. The van der Waals surface area contributed by atoms with Gasteiger partial charge in [-0.2, -0.15) is 8.42 Å². The topological polar surface area (TPSA) is 95.7 Å². The van der Waals surface area contributed by atoms with Gasteiger partial charge in [0, 0.05) is 0 Å². The van der Waals surface area contributed by atoms with Crippen molar-refractivity contribution in [3.63, 3.8) is 0 Å². The average Bonchev–Trinajstić information content (AvgIpc) is 2.83. The summed E-state index contributed by atoms with van der Waals surface area (Å²) < 4.78 is 48.4. The van der Waals surface area contributed by atoms with Crippen molar-refractivity contribution in [1.29, 1.82) is 0 Å². The van der Waals surface area contributed by atoms with Gasteiger partial charge >= 0.3 is 10.1 Å². The maximum atomic E-state index is 14.0. The predicted molar refractivity (Wildman–Crippen MR) is 91.6 cm³/mol. The molecule has 0 bridgehead atoms. The van der Waals surface area contributed by atoms with Gasteiger partial charge in [0.1, 0.15) is 11.6 Å². The number of benzene rings is 2. The second kappa shape index (κ2) is 6.97. The molecule has 1 aliphatic heterocycles. The minimum absolute atomic E-state index is 0.0513. The smallest absolute Gasteiger partial charge is 0.313 e. The van der Waals surface area contributed by atoms with Crippen LogP contribution in [0, 0.1) is 5.82 Å². The van der Waals surface area contributed by atoms with Crippen LogP contribution < -0.4 is 5.73 Å². The lowest BCUT2D eigenvalue weighted by Gasteiger charge is -2.12. The Hall–Kier alpha value is -2.58. The molecule has 1 heterocycles. The Morgan fingerprint density at radius 1 is 1.15 bits per heavy atom. The summed E-state index contributed by atoms with van der Waals surface area (Å²) in [7, 11) is -4.18. The number of carbonyl (C=O) groups is 1. The van der Waals surface area contributed by atoms with Crippen molar-refractivity contribution in [2.75, 3.05) is 0 Å². The van der Waals surface area contributed by atoms with Gasteiger partial charge in [-0.1, -0.05) is 48.0 Å². The van der Waals surface area contributed by atoms with Gasteiger partial charge in [0.15, 0.2) is 6.10 Å². The monoisotopic (exact) mass is 397 g/mol. The van der Waals surface area contributed by atoms with Crippen LogP contribution in [0.2, 0.25) is 5.02 Å². The average molecular weight is 398 g/mol. The number of carbonyl (C=O) groups excluding carboxylic acids is 1. The van der Waals surface area contributed by atoms with Crippen LogP contribution in [-0.4, -0.2) is 14.2 Å². The Morgan fingerprint density at radius 2 is 1.85 bits per heavy atom. The number of ketones is 1. The van der Waals surface area contributed by atoms with E-state index in [9.17, 15) is 17.6 Å². The molecule has 0 radical (unpaired) electrons. The summed E-state index contributed by atoms with van der Waals surface area (Å²) in [5.41, 5.74) is 5.81. The minimum atomic E-state index is -4.18. The van der Waals surface area contributed by atoms with Crippen molar-refractivity contribution in [2.45, 2.75) is 11.9 Å². The Kier molecular flexibility index (Phi) is 4.88. The zero-order valence-electron chi connectivity index (χ0n) is 13.2. The number of hydrogen-bond donors (Lipinski definition) is 1. The lowest BCUT2D eigenvalue weighted by atomic mass is 10.1. The SMILES string of the molecule is NC1=C(OS(=O)(=O)Cc2ccccc2)C(=O)C(c2c(F)cccc2Cl)O1. The molecule has 3 rings (SSSR count).